The minimum Gasteiger partial charge on any atom is -0.497 e. The van der Waals surface area contributed by atoms with Crippen LogP contribution in [0.25, 0.3) is 6.08 Å². The van der Waals surface area contributed by atoms with Crippen molar-refractivity contribution in [2.75, 3.05) is 12.0 Å². The number of carbonyl (C=O) groups is 1. The highest BCUT2D eigenvalue weighted by atomic mass is 32.1. The third-order valence-electron chi connectivity index (χ3n) is 3.88. The number of nitrogens with zero attached hydrogens (tertiary/aromatic N) is 1. The maximum absolute atomic E-state index is 12.7. The molecule has 1 amide bonds. The number of carbonyl (C=O) groups excluding carboxylic acids is 1. The lowest BCUT2D eigenvalue weighted by atomic mass is 10.1. The maximum Gasteiger partial charge on any atom is 0.281 e. The minimum absolute atomic E-state index is 0.149. The smallest absolute Gasteiger partial charge is 0.281 e. The highest BCUT2D eigenvalue weighted by Crippen LogP contribution is 2.24. The summed E-state index contributed by atoms with van der Waals surface area (Å²) in [7, 11) is 1.62. The van der Waals surface area contributed by atoms with Crippen molar-refractivity contribution in [1.29, 1.82) is 0 Å². The SMILES string of the molecule is CCc1cccc(N2C(=O)/C(=C\c3ccc(OC)cc3)NC2=S)c1. The lowest BCUT2D eigenvalue weighted by molar-refractivity contribution is -0.113. The van der Waals surface area contributed by atoms with Gasteiger partial charge in [0.05, 0.1) is 12.8 Å². The standard InChI is InChI=1S/C19H18N2O2S/c1-3-13-5-4-6-15(11-13)21-18(22)17(20-19(21)24)12-14-7-9-16(23-2)10-8-14/h4-12H,3H2,1-2H3,(H,20,24)/b17-12+. The van der Waals surface area contributed by atoms with Crippen molar-refractivity contribution < 1.29 is 9.53 Å². The molecule has 0 spiro atoms. The topological polar surface area (TPSA) is 41.6 Å². The molecule has 3 rings (SSSR count). The van der Waals surface area contributed by atoms with E-state index in [0.717, 1.165) is 29.0 Å². The van der Waals surface area contributed by atoms with Crippen molar-refractivity contribution in [1.82, 2.24) is 5.32 Å². The molecule has 1 N–H and O–H groups in total. The summed E-state index contributed by atoms with van der Waals surface area (Å²) in [5, 5.41) is 3.40. The van der Waals surface area contributed by atoms with Gasteiger partial charge in [0.2, 0.25) is 0 Å². The second-order valence-electron chi connectivity index (χ2n) is 5.43. The minimum atomic E-state index is -0.149. The van der Waals surface area contributed by atoms with Crippen LogP contribution < -0.4 is 15.0 Å². The number of rotatable bonds is 4. The fourth-order valence-corrected chi connectivity index (χ4v) is 2.85. The van der Waals surface area contributed by atoms with Crippen LogP contribution in [0.15, 0.2) is 54.2 Å². The van der Waals surface area contributed by atoms with E-state index in [1.165, 1.54) is 4.90 Å². The summed E-state index contributed by atoms with van der Waals surface area (Å²) in [6.45, 7) is 2.08. The van der Waals surface area contributed by atoms with Gasteiger partial charge >= 0.3 is 0 Å². The molecular weight excluding hydrogens is 320 g/mol. The van der Waals surface area contributed by atoms with Gasteiger partial charge in [-0.15, -0.1) is 0 Å². The van der Waals surface area contributed by atoms with Crippen LogP contribution in [0.5, 0.6) is 5.75 Å². The van der Waals surface area contributed by atoms with Crippen molar-refractivity contribution in [3.8, 4) is 5.75 Å². The summed E-state index contributed by atoms with van der Waals surface area (Å²) in [5.74, 6) is 0.625. The molecule has 0 atom stereocenters. The van der Waals surface area contributed by atoms with E-state index in [9.17, 15) is 4.79 Å². The zero-order valence-corrected chi connectivity index (χ0v) is 14.4. The van der Waals surface area contributed by atoms with E-state index >= 15 is 0 Å². The van der Waals surface area contributed by atoms with Crippen LogP contribution in [-0.2, 0) is 11.2 Å². The Bertz CT molecular complexity index is 812. The average Bonchev–Trinajstić information content (AvgIpc) is 2.89. The number of thiocarbonyl (C=S) groups is 1. The van der Waals surface area contributed by atoms with Crippen LogP contribution in [0.4, 0.5) is 5.69 Å². The molecule has 0 saturated carbocycles. The number of hydrogen-bond donors (Lipinski definition) is 1. The van der Waals surface area contributed by atoms with E-state index in [1.807, 2.05) is 48.5 Å². The fourth-order valence-electron chi connectivity index (χ4n) is 2.55. The molecule has 4 nitrogen and oxygen atoms in total. The van der Waals surface area contributed by atoms with Crippen molar-refractivity contribution in [2.45, 2.75) is 13.3 Å². The van der Waals surface area contributed by atoms with Crippen molar-refractivity contribution in [3.05, 3.63) is 65.4 Å². The molecule has 1 heterocycles. The highest BCUT2D eigenvalue weighted by Gasteiger charge is 2.31. The predicted octanol–water partition coefficient (Wildman–Crippen LogP) is 3.52. The Kier molecular flexibility index (Phi) is 4.62. The number of aryl methyl sites for hydroxylation is 1. The molecule has 2 aromatic rings. The number of ether oxygens (including phenoxy) is 1. The molecule has 1 saturated heterocycles. The number of amides is 1. The van der Waals surface area contributed by atoms with Crippen LogP contribution in [0, 0.1) is 0 Å². The molecule has 1 aliphatic rings. The summed E-state index contributed by atoms with van der Waals surface area (Å²) in [6.07, 6.45) is 2.70. The fraction of sp³-hybridized carbons (Fsp3) is 0.158. The van der Waals surface area contributed by atoms with Gasteiger partial charge in [-0.2, -0.15) is 0 Å². The molecule has 5 heteroatoms. The Morgan fingerprint density at radius 1 is 1.21 bits per heavy atom. The quantitative estimate of drug-likeness (QED) is 0.684. The molecule has 0 unspecified atom stereocenters. The normalized spacial score (nSPS) is 15.8. The lowest BCUT2D eigenvalue weighted by Gasteiger charge is -2.14. The molecule has 122 valence electrons. The predicted molar refractivity (Wildman–Crippen MR) is 100 cm³/mol. The molecule has 2 aromatic carbocycles. The zero-order chi connectivity index (χ0) is 17.1. The number of nitrogens with one attached hydrogen (secondary N) is 1. The summed E-state index contributed by atoms with van der Waals surface area (Å²) in [6, 6.07) is 15.3. The first-order valence-corrected chi connectivity index (χ1v) is 8.13. The van der Waals surface area contributed by atoms with E-state index < -0.39 is 0 Å². The molecular formula is C19H18N2O2S. The van der Waals surface area contributed by atoms with Gasteiger partial charge < -0.3 is 10.1 Å². The van der Waals surface area contributed by atoms with Gasteiger partial charge in [0.15, 0.2) is 5.11 Å². The summed E-state index contributed by atoms with van der Waals surface area (Å²) >= 11 is 5.35. The molecule has 0 radical (unpaired) electrons. The Hall–Kier alpha value is -2.66. The van der Waals surface area contributed by atoms with Gasteiger partial charge in [0.1, 0.15) is 11.4 Å². The van der Waals surface area contributed by atoms with Crippen LogP contribution in [-0.4, -0.2) is 18.1 Å². The average molecular weight is 338 g/mol. The summed E-state index contributed by atoms with van der Waals surface area (Å²) in [5.41, 5.74) is 3.32. The molecule has 0 aromatic heterocycles. The van der Waals surface area contributed by atoms with E-state index in [4.69, 9.17) is 17.0 Å². The van der Waals surface area contributed by atoms with E-state index in [-0.39, 0.29) is 5.91 Å². The number of hydrogen-bond acceptors (Lipinski definition) is 3. The van der Waals surface area contributed by atoms with Crippen LogP contribution in [0.3, 0.4) is 0 Å². The highest BCUT2D eigenvalue weighted by molar-refractivity contribution is 7.80. The second kappa shape index (κ2) is 6.84. The molecule has 1 fully saturated rings. The summed E-state index contributed by atoms with van der Waals surface area (Å²) in [4.78, 5) is 14.3. The maximum atomic E-state index is 12.7. The van der Waals surface area contributed by atoms with Gasteiger partial charge in [0.25, 0.3) is 5.91 Å². The second-order valence-corrected chi connectivity index (χ2v) is 5.81. The van der Waals surface area contributed by atoms with E-state index in [0.29, 0.717) is 10.8 Å². The first kappa shape index (κ1) is 16.2. The zero-order valence-electron chi connectivity index (χ0n) is 13.6. The van der Waals surface area contributed by atoms with Gasteiger partial charge in [0, 0.05) is 0 Å². The van der Waals surface area contributed by atoms with Gasteiger partial charge in [-0.3, -0.25) is 9.69 Å². The molecule has 24 heavy (non-hydrogen) atoms. The summed E-state index contributed by atoms with van der Waals surface area (Å²) < 4.78 is 5.14. The van der Waals surface area contributed by atoms with Gasteiger partial charge in [-0.25, -0.2) is 0 Å². The third-order valence-corrected chi connectivity index (χ3v) is 4.17. The first-order valence-electron chi connectivity index (χ1n) is 7.72. The van der Waals surface area contributed by atoms with Gasteiger partial charge in [-0.05, 0) is 60.1 Å². The van der Waals surface area contributed by atoms with Crippen LogP contribution in [0.2, 0.25) is 0 Å². The van der Waals surface area contributed by atoms with Crippen LogP contribution in [0.1, 0.15) is 18.1 Å². The first-order chi connectivity index (χ1) is 11.6. The number of methoxy groups -OCH3 is 1. The van der Waals surface area contributed by atoms with Crippen molar-refractivity contribution >= 4 is 35.0 Å². The number of anilines is 1. The van der Waals surface area contributed by atoms with Crippen LogP contribution >= 0.6 is 12.2 Å². The monoisotopic (exact) mass is 338 g/mol. The molecule has 1 aliphatic heterocycles. The Labute approximate surface area is 146 Å². The largest absolute Gasteiger partial charge is 0.497 e. The van der Waals surface area contributed by atoms with E-state index in [1.54, 1.807) is 13.2 Å². The van der Waals surface area contributed by atoms with Gasteiger partial charge in [-0.1, -0.05) is 31.2 Å². The number of benzene rings is 2. The molecule has 0 aliphatic carbocycles. The molecule has 0 bridgehead atoms. The Morgan fingerprint density at radius 3 is 2.62 bits per heavy atom. The Balaban J connectivity index is 1.89. The van der Waals surface area contributed by atoms with E-state index in [2.05, 4.69) is 12.2 Å². The van der Waals surface area contributed by atoms with Crippen molar-refractivity contribution in [3.63, 3.8) is 0 Å². The van der Waals surface area contributed by atoms with Crippen molar-refractivity contribution in [2.24, 2.45) is 0 Å². The third kappa shape index (κ3) is 3.16. The Morgan fingerprint density at radius 2 is 1.96 bits per heavy atom. The lowest BCUT2D eigenvalue weighted by Crippen LogP contribution is -2.30.